The molecule has 2 aromatic heterocycles. The molecule has 0 spiro atoms. The van der Waals surface area contributed by atoms with E-state index in [9.17, 15) is 0 Å². The van der Waals surface area contributed by atoms with E-state index in [1.165, 1.54) is 9.13 Å². The molecule has 4 nitrogen and oxygen atoms in total. The third kappa shape index (κ3) is 3.27. The number of ether oxygens (including phenoxy) is 1. The van der Waals surface area contributed by atoms with E-state index in [0.29, 0.717) is 6.61 Å². The van der Waals surface area contributed by atoms with Crippen molar-refractivity contribution in [2.45, 2.75) is 19.1 Å². The number of halogens is 1. The number of rotatable bonds is 4. The molecule has 0 saturated carbocycles. The third-order valence-corrected chi connectivity index (χ3v) is 5.57. The molecule has 124 valence electrons. The van der Waals surface area contributed by atoms with Gasteiger partial charge in [-0.15, -0.1) is 0 Å². The SMILES string of the molecule is Sn1cc(I)c2cc(N3CCC(OCc4ccccc4)C3)cnc21. The standard InChI is InChI=1S/C18H18IN3OS/c19-17-11-22(24)18-16(17)8-14(9-20-18)21-7-6-15(10-21)23-12-13-4-2-1-3-5-13/h1-5,8-9,11,15,24H,6-7,10,12H2. The number of thiol groups is 1. The lowest BCUT2D eigenvalue weighted by Gasteiger charge is -2.18. The molecule has 4 rings (SSSR count). The van der Waals surface area contributed by atoms with Gasteiger partial charge in [0.25, 0.3) is 0 Å². The van der Waals surface area contributed by atoms with Crippen molar-refractivity contribution in [2.75, 3.05) is 18.0 Å². The van der Waals surface area contributed by atoms with Gasteiger partial charge in [-0.2, -0.15) is 0 Å². The van der Waals surface area contributed by atoms with Crippen molar-refractivity contribution < 1.29 is 4.74 Å². The number of hydrogen-bond donors (Lipinski definition) is 1. The molecule has 1 atom stereocenters. The van der Waals surface area contributed by atoms with Crippen LogP contribution in [0.25, 0.3) is 11.0 Å². The third-order valence-electron chi connectivity index (χ3n) is 4.40. The van der Waals surface area contributed by atoms with Gasteiger partial charge < -0.3 is 9.64 Å². The maximum absolute atomic E-state index is 6.08. The minimum Gasteiger partial charge on any atom is -0.372 e. The topological polar surface area (TPSA) is 30.3 Å². The van der Waals surface area contributed by atoms with E-state index in [1.54, 1.807) is 3.97 Å². The fourth-order valence-corrected chi connectivity index (χ4v) is 4.27. The minimum absolute atomic E-state index is 0.273. The fraction of sp³-hybridized carbons (Fsp3) is 0.278. The van der Waals surface area contributed by atoms with Crippen LogP contribution in [0.2, 0.25) is 0 Å². The van der Waals surface area contributed by atoms with Crippen LogP contribution >= 0.6 is 35.4 Å². The first-order valence-electron chi connectivity index (χ1n) is 7.97. The Morgan fingerprint density at radius 2 is 2.12 bits per heavy atom. The zero-order valence-electron chi connectivity index (χ0n) is 13.1. The second-order valence-corrected chi connectivity index (χ2v) is 7.63. The smallest absolute Gasteiger partial charge is 0.150 e. The van der Waals surface area contributed by atoms with Crippen LogP contribution in [0.3, 0.4) is 0 Å². The highest BCUT2D eigenvalue weighted by atomic mass is 127. The molecular formula is C18H18IN3OS. The summed E-state index contributed by atoms with van der Waals surface area (Å²) in [5, 5.41) is 1.15. The van der Waals surface area contributed by atoms with E-state index in [1.807, 2.05) is 18.5 Å². The molecular weight excluding hydrogens is 433 g/mol. The summed E-state index contributed by atoms with van der Waals surface area (Å²) in [4.78, 5) is 6.92. The molecule has 0 bridgehead atoms. The zero-order chi connectivity index (χ0) is 16.5. The number of anilines is 1. The van der Waals surface area contributed by atoms with Gasteiger partial charge in [0.2, 0.25) is 0 Å². The monoisotopic (exact) mass is 451 g/mol. The summed E-state index contributed by atoms with van der Waals surface area (Å²) < 4.78 is 9.02. The summed E-state index contributed by atoms with van der Waals surface area (Å²) in [6.45, 7) is 2.60. The summed E-state index contributed by atoms with van der Waals surface area (Å²) in [6, 6.07) is 12.6. The van der Waals surface area contributed by atoms with Gasteiger partial charge in [0.05, 0.1) is 24.6 Å². The van der Waals surface area contributed by atoms with Gasteiger partial charge in [-0.25, -0.2) is 4.98 Å². The highest BCUT2D eigenvalue weighted by molar-refractivity contribution is 14.1. The Balaban J connectivity index is 1.44. The van der Waals surface area contributed by atoms with Crippen molar-refractivity contribution in [3.05, 3.63) is 57.9 Å². The van der Waals surface area contributed by atoms with Crippen LogP contribution in [0.15, 0.2) is 48.8 Å². The summed E-state index contributed by atoms with van der Waals surface area (Å²) in [5.74, 6) is 0. The number of hydrogen-bond acceptors (Lipinski definition) is 4. The lowest BCUT2D eigenvalue weighted by atomic mass is 10.2. The Hall–Kier alpha value is -1.25. The number of fused-ring (bicyclic) bond motifs is 1. The van der Waals surface area contributed by atoms with E-state index in [0.717, 1.165) is 36.2 Å². The van der Waals surface area contributed by atoms with Gasteiger partial charge in [-0.3, -0.25) is 3.97 Å². The van der Waals surface area contributed by atoms with Gasteiger partial charge in [-0.05, 0) is 40.6 Å². The lowest BCUT2D eigenvalue weighted by molar-refractivity contribution is 0.0553. The number of aromatic nitrogens is 2. The molecule has 0 amide bonds. The fourth-order valence-electron chi connectivity index (χ4n) is 3.10. The van der Waals surface area contributed by atoms with E-state index >= 15 is 0 Å². The van der Waals surface area contributed by atoms with E-state index in [2.05, 4.69) is 75.6 Å². The van der Waals surface area contributed by atoms with Crippen LogP contribution in [0.4, 0.5) is 5.69 Å². The molecule has 0 N–H and O–H groups in total. The average molecular weight is 451 g/mol. The van der Waals surface area contributed by atoms with Crippen molar-refractivity contribution in [1.29, 1.82) is 0 Å². The van der Waals surface area contributed by atoms with Gasteiger partial charge in [0.15, 0.2) is 5.65 Å². The molecule has 3 heterocycles. The van der Waals surface area contributed by atoms with Gasteiger partial charge in [-0.1, -0.05) is 43.1 Å². The van der Waals surface area contributed by atoms with Crippen LogP contribution in [0.5, 0.6) is 0 Å². The molecule has 1 fully saturated rings. The predicted molar refractivity (Wildman–Crippen MR) is 109 cm³/mol. The molecule has 0 radical (unpaired) electrons. The van der Waals surface area contributed by atoms with Crippen molar-refractivity contribution in [3.63, 3.8) is 0 Å². The lowest BCUT2D eigenvalue weighted by Crippen LogP contribution is -2.22. The van der Waals surface area contributed by atoms with E-state index in [4.69, 9.17) is 4.74 Å². The quantitative estimate of drug-likeness (QED) is 0.478. The molecule has 0 aliphatic carbocycles. The second-order valence-electron chi connectivity index (χ2n) is 6.04. The number of nitrogens with zero attached hydrogens (tertiary/aromatic N) is 3. The van der Waals surface area contributed by atoms with Crippen LogP contribution in [-0.2, 0) is 11.3 Å². The molecule has 1 aromatic carbocycles. The van der Waals surface area contributed by atoms with Crippen molar-refractivity contribution >= 4 is 52.1 Å². The van der Waals surface area contributed by atoms with E-state index in [-0.39, 0.29) is 6.10 Å². The summed E-state index contributed by atoms with van der Waals surface area (Å²) in [6.07, 6.45) is 5.25. The van der Waals surface area contributed by atoms with Crippen molar-refractivity contribution in [3.8, 4) is 0 Å². The Labute approximate surface area is 160 Å². The zero-order valence-corrected chi connectivity index (χ0v) is 16.2. The average Bonchev–Trinajstić information content (AvgIpc) is 3.19. The molecule has 6 heteroatoms. The Kier molecular flexibility index (Phi) is 4.69. The minimum atomic E-state index is 0.273. The van der Waals surface area contributed by atoms with Crippen molar-refractivity contribution in [2.24, 2.45) is 0 Å². The Morgan fingerprint density at radius 3 is 2.96 bits per heavy atom. The van der Waals surface area contributed by atoms with Gasteiger partial charge in [0.1, 0.15) is 0 Å². The summed E-state index contributed by atoms with van der Waals surface area (Å²) >= 11 is 6.74. The van der Waals surface area contributed by atoms with Crippen LogP contribution in [-0.4, -0.2) is 28.1 Å². The van der Waals surface area contributed by atoms with E-state index < -0.39 is 0 Å². The highest BCUT2D eigenvalue weighted by Crippen LogP contribution is 2.28. The Bertz CT molecular complexity index is 852. The normalized spacial score (nSPS) is 17.8. The highest BCUT2D eigenvalue weighted by Gasteiger charge is 2.24. The number of pyridine rings is 1. The molecule has 1 unspecified atom stereocenters. The van der Waals surface area contributed by atoms with Gasteiger partial charge >= 0.3 is 0 Å². The Morgan fingerprint density at radius 1 is 1.29 bits per heavy atom. The molecule has 1 saturated heterocycles. The largest absolute Gasteiger partial charge is 0.372 e. The number of benzene rings is 1. The molecule has 1 aliphatic rings. The second kappa shape index (κ2) is 6.93. The molecule has 3 aromatic rings. The van der Waals surface area contributed by atoms with Crippen LogP contribution in [0.1, 0.15) is 12.0 Å². The van der Waals surface area contributed by atoms with Crippen molar-refractivity contribution in [1.82, 2.24) is 8.96 Å². The molecule has 1 aliphatic heterocycles. The molecule has 24 heavy (non-hydrogen) atoms. The maximum Gasteiger partial charge on any atom is 0.150 e. The predicted octanol–water partition coefficient (Wildman–Crippen LogP) is 4.13. The summed E-state index contributed by atoms with van der Waals surface area (Å²) in [7, 11) is 0. The first-order valence-corrected chi connectivity index (χ1v) is 9.45. The summed E-state index contributed by atoms with van der Waals surface area (Å²) in [5.41, 5.74) is 3.29. The first kappa shape index (κ1) is 16.2. The maximum atomic E-state index is 6.08. The van der Waals surface area contributed by atoms with Crippen LogP contribution in [0, 0.1) is 3.57 Å². The van der Waals surface area contributed by atoms with Gasteiger partial charge in [0, 0.05) is 28.2 Å². The first-order chi connectivity index (χ1) is 11.7. The van der Waals surface area contributed by atoms with Crippen LogP contribution < -0.4 is 4.90 Å².